The number of carbonyl (C=O) groups excluding carboxylic acids is 1. The van der Waals surface area contributed by atoms with Crippen molar-refractivity contribution < 1.29 is 18.7 Å². The lowest BCUT2D eigenvalue weighted by molar-refractivity contribution is -0.122. The van der Waals surface area contributed by atoms with Gasteiger partial charge in [-0.25, -0.2) is 4.39 Å². The molecule has 0 N–H and O–H groups in total. The van der Waals surface area contributed by atoms with Gasteiger partial charge < -0.3 is 9.47 Å². The van der Waals surface area contributed by atoms with Crippen LogP contribution in [0.3, 0.4) is 0 Å². The van der Waals surface area contributed by atoms with Crippen molar-refractivity contribution in [1.29, 1.82) is 0 Å². The van der Waals surface area contributed by atoms with Crippen molar-refractivity contribution >= 4 is 5.78 Å². The Morgan fingerprint density at radius 1 is 0.968 bits per heavy atom. The average molecular weight is 421 g/mol. The minimum Gasteiger partial charge on any atom is -0.494 e. The SMILES string of the molecule is CCOc1ccc(C(C)(CCCc2ccc(F)c(Oc3ccccc3)c2)C(C)=O)cc1. The van der Waals surface area contributed by atoms with Gasteiger partial charge in [0.25, 0.3) is 0 Å². The number of para-hydroxylation sites is 1. The number of ether oxygens (including phenoxy) is 2. The average Bonchev–Trinajstić information content (AvgIpc) is 2.77. The second-order valence-corrected chi connectivity index (χ2v) is 7.88. The van der Waals surface area contributed by atoms with E-state index in [-0.39, 0.29) is 11.5 Å². The van der Waals surface area contributed by atoms with E-state index in [0.29, 0.717) is 18.8 Å². The van der Waals surface area contributed by atoms with E-state index in [1.54, 1.807) is 31.2 Å². The molecule has 0 spiro atoms. The van der Waals surface area contributed by atoms with E-state index < -0.39 is 11.2 Å². The van der Waals surface area contributed by atoms with Crippen LogP contribution in [0.2, 0.25) is 0 Å². The van der Waals surface area contributed by atoms with Gasteiger partial charge in [0, 0.05) is 0 Å². The number of hydrogen-bond acceptors (Lipinski definition) is 3. The second-order valence-electron chi connectivity index (χ2n) is 7.88. The van der Waals surface area contributed by atoms with Gasteiger partial charge in [0.15, 0.2) is 11.6 Å². The van der Waals surface area contributed by atoms with Crippen LogP contribution in [0, 0.1) is 5.82 Å². The van der Waals surface area contributed by atoms with Crippen LogP contribution in [-0.4, -0.2) is 12.4 Å². The van der Waals surface area contributed by atoms with Crippen molar-refractivity contribution in [3.05, 3.63) is 89.7 Å². The van der Waals surface area contributed by atoms with Gasteiger partial charge in [-0.3, -0.25) is 4.79 Å². The van der Waals surface area contributed by atoms with Crippen molar-refractivity contribution in [3.8, 4) is 17.2 Å². The molecule has 0 aromatic heterocycles. The number of benzene rings is 3. The summed E-state index contributed by atoms with van der Waals surface area (Å²) < 4.78 is 25.4. The molecule has 0 saturated carbocycles. The molecule has 0 aliphatic rings. The molecule has 0 bridgehead atoms. The molecular weight excluding hydrogens is 391 g/mol. The van der Waals surface area contributed by atoms with Gasteiger partial charge in [0.2, 0.25) is 0 Å². The second kappa shape index (κ2) is 10.3. The summed E-state index contributed by atoms with van der Waals surface area (Å²) in [4.78, 5) is 12.5. The molecule has 0 radical (unpaired) electrons. The van der Waals surface area contributed by atoms with Gasteiger partial charge in [-0.05, 0) is 87.6 Å². The van der Waals surface area contributed by atoms with Crippen LogP contribution in [0.4, 0.5) is 4.39 Å². The summed E-state index contributed by atoms with van der Waals surface area (Å²) in [7, 11) is 0. The molecule has 3 nitrogen and oxygen atoms in total. The third kappa shape index (κ3) is 5.72. The molecule has 162 valence electrons. The highest BCUT2D eigenvalue weighted by molar-refractivity contribution is 5.87. The quantitative estimate of drug-likeness (QED) is 0.358. The number of rotatable bonds is 10. The summed E-state index contributed by atoms with van der Waals surface area (Å²) in [6.45, 7) is 6.18. The van der Waals surface area contributed by atoms with Crippen LogP contribution in [-0.2, 0) is 16.6 Å². The number of ketones is 1. The highest BCUT2D eigenvalue weighted by Crippen LogP contribution is 2.33. The summed E-state index contributed by atoms with van der Waals surface area (Å²) in [5, 5.41) is 0. The molecule has 0 heterocycles. The molecule has 0 aliphatic heterocycles. The maximum absolute atomic E-state index is 14.2. The normalized spacial score (nSPS) is 12.8. The molecule has 1 atom stereocenters. The number of carbonyl (C=O) groups is 1. The third-order valence-electron chi connectivity index (χ3n) is 5.69. The monoisotopic (exact) mass is 420 g/mol. The lowest BCUT2D eigenvalue weighted by Gasteiger charge is -2.27. The van der Waals surface area contributed by atoms with E-state index in [1.165, 1.54) is 6.07 Å². The smallest absolute Gasteiger partial charge is 0.165 e. The fourth-order valence-electron chi connectivity index (χ4n) is 3.65. The minimum atomic E-state index is -0.575. The summed E-state index contributed by atoms with van der Waals surface area (Å²) in [6.07, 6.45) is 2.22. The number of halogens is 1. The molecule has 1 unspecified atom stereocenters. The molecule has 0 amide bonds. The fourth-order valence-corrected chi connectivity index (χ4v) is 3.65. The molecule has 3 aromatic rings. The van der Waals surface area contributed by atoms with Gasteiger partial charge in [0.1, 0.15) is 17.3 Å². The summed E-state index contributed by atoms with van der Waals surface area (Å²) >= 11 is 0. The Hall–Kier alpha value is -3.14. The van der Waals surface area contributed by atoms with Crippen LogP contribution in [0.15, 0.2) is 72.8 Å². The third-order valence-corrected chi connectivity index (χ3v) is 5.69. The largest absolute Gasteiger partial charge is 0.494 e. The zero-order chi connectivity index (χ0) is 22.3. The number of hydrogen-bond donors (Lipinski definition) is 0. The van der Waals surface area contributed by atoms with Gasteiger partial charge in [-0.1, -0.05) is 36.4 Å². The maximum atomic E-state index is 14.2. The van der Waals surface area contributed by atoms with Crippen molar-refractivity contribution in [2.75, 3.05) is 6.61 Å². The zero-order valence-corrected chi connectivity index (χ0v) is 18.4. The first-order valence-electron chi connectivity index (χ1n) is 10.7. The molecular formula is C27H29FO3. The minimum absolute atomic E-state index is 0.129. The Labute approximate surface area is 183 Å². The van der Waals surface area contributed by atoms with Crippen molar-refractivity contribution in [2.45, 2.75) is 45.4 Å². The number of aryl methyl sites for hydroxylation is 1. The van der Waals surface area contributed by atoms with Crippen LogP contribution < -0.4 is 9.47 Å². The Kier molecular flexibility index (Phi) is 7.45. The molecule has 3 rings (SSSR count). The zero-order valence-electron chi connectivity index (χ0n) is 18.4. The van der Waals surface area contributed by atoms with E-state index in [0.717, 1.165) is 29.7 Å². The lowest BCUT2D eigenvalue weighted by Crippen LogP contribution is -2.30. The summed E-state index contributed by atoms with van der Waals surface area (Å²) in [5.74, 6) is 1.34. The van der Waals surface area contributed by atoms with Gasteiger partial charge in [-0.2, -0.15) is 0 Å². The fraction of sp³-hybridized carbons (Fsp3) is 0.296. The molecule has 31 heavy (non-hydrogen) atoms. The summed E-state index contributed by atoms with van der Waals surface area (Å²) in [5.41, 5.74) is 1.38. The first-order chi connectivity index (χ1) is 14.9. The van der Waals surface area contributed by atoms with Crippen molar-refractivity contribution in [2.24, 2.45) is 0 Å². The van der Waals surface area contributed by atoms with Crippen molar-refractivity contribution in [1.82, 2.24) is 0 Å². The Balaban J connectivity index is 1.68. The molecule has 0 saturated heterocycles. The van der Waals surface area contributed by atoms with Gasteiger partial charge in [0.05, 0.1) is 12.0 Å². The van der Waals surface area contributed by atoms with E-state index >= 15 is 0 Å². The topological polar surface area (TPSA) is 35.5 Å². The molecule has 3 aromatic carbocycles. The number of Topliss-reactive ketones (excluding diaryl/α,β-unsaturated/α-hetero) is 1. The lowest BCUT2D eigenvalue weighted by atomic mass is 9.75. The predicted molar refractivity (Wildman–Crippen MR) is 121 cm³/mol. The highest BCUT2D eigenvalue weighted by Gasteiger charge is 2.31. The van der Waals surface area contributed by atoms with E-state index in [4.69, 9.17) is 9.47 Å². The van der Waals surface area contributed by atoms with Gasteiger partial charge >= 0.3 is 0 Å². The Morgan fingerprint density at radius 3 is 2.32 bits per heavy atom. The highest BCUT2D eigenvalue weighted by atomic mass is 19.1. The van der Waals surface area contributed by atoms with Crippen molar-refractivity contribution in [3.63, 3.8) is 0 Å². The first kappa shape index (κ1) is 22.5. The van der Waals surface area contributed by atoms with Crippen LogP contribution >= 0.6 is 0 Å². The summed E-state index contributed by atoms with van der Waals surface area (Å²) in [6, 6.07) is 21.9. The van der Waals surface area contributed by atoms with Crippen LogP contribution in [0.1, 0.15) is 44.7 Å². The first-order valence-corrected chi connectivity index (χ1v) is 10.7. The van der Waals surface area contributed by atoms with E-state index in [9.17, 15) is 9.18 Å². The van der Waals surface area contributed by atoms with E-state index in [2.05, 4.69) is 0 Å². The molecule has 4 heteroatoms. The van der Waals surface area contributed by atoms with Gasteiger partial charge in [-0.15, -0.1) is 0 Å². The van der Waals surface area contributed by atoms with E-state index in [1.807, 2.05) is 56.3 Å². The predicted octanol–water partition coefficient (Wildman–Crippen LogP) is 6.89. The molecule has 0 fully saturated rings. The molecule has 0 aliphatic carbocycles. The van der Waals surface area contributed by atoms with Crippen LogP contribution in [0.5, 0.6) is 17.2 Å². The Bertz CT molecular complexity index is 999. The Morgan fingerprint density at radius 2 is 1.68 bits per heavy atom. The van der Waals surface area contributed by atoms with Crippen LogP contribution in [0.25, 0.3) is 0 Å². The standard InChI is InChI=1S/C27H29FO3/c1-4-30-23-15-13-22(14-16-23)27(3,20(2)29)18-8-9-21-12-17-25(28)26(19-21)31-24-10-6-5-7-11-24/h5-7,10-17,19H,4,8-9,18H2,1-3H3. The maximum Gasteiger partial charge on any atom is 0.165 e.